The van der Waals surface area contributed by atoms with Gasteiger partial charge in [0.05, 0.1) is 12.9 Å². The van der Waals surface area contributed by atoms with Crippen LogP contribution in [0.15, 0.2) is 46.2 Å². The number of imide groups is 1. The van der Waals surface area contributed by atoms with Crippen molar-refractivity contribution in [1.29, 1.82) is 0 Å². The topological polar surface area (TPSA) is 140 Å². The van der Waals surface area contributed by atoms with Crippen LogP contribution in [0.5, 0.6) is 0 Å². The van der Waals surface area contributed by atoms with Crippen molar-refractivity contribution >= 4 is 29.0 Å². The Bertz CT molecular complexity index is 1400. The van der Waals surface area contributed by atoms with Crippen molar-refractivity contribution in [1.82, 2.24) is 34.4 Å². The van der Waals surface area contributed by atoms with E-state index in [1.807, 2.05) is 37.3 Å². The van der Waals surface area contributed by atoms with E-state index in [2.05, 4.69) is 15.7 Å². The number of hydrazine groups is 1. The Morgan fingerprint density at radius 2 is 1.79 bits per heavy atom. The van der Waals surface area contributed by atoms with Gasteiger partial charge in [0.15, 0.2) is 11.2 Å². The summed E-state index contributed by atoms with van der Waals surface area (Å²) in [5.74, 6) is -1.49. The first-order chi connectivity index (χ1) is 16.2. The van der Waals surface area contributed by atoms with Gasteiger partial charge in [0.1, 0.15) is 12.1 Å². The summed E-state index contributed by atoms with van der Waals surface area (Å²) < 4.78 is 3.70. The minimum absolute atomic E-state index is 0.140. The van der Waals surface area contributed by atoms with Gasteiger partial charge in [-0.1, -0.05) is 37.3 Å². The van der Waals surface area contributed by atoms with Crippen LogP contribution in [0.25, 0.3) is 11.2 Å². The second kappa shape index (κ2) is 8.61. The lowest BCUT2D eigenvalue weighted by atomic mass is 10.00. The number of hydrogen-bond acceptors (Lipinski definition) is 6. The highest BCUT2D eigenvalue weighted by Crippen LogP contribution is 2.19. The van der Waals surface area contributed by atoms with Crippen LogP contribution < -0.4 is 22.0 Å². The third kappa shape index (κ3) is 3.76. The lowest BCUT2D eigenvalue weighted by Gasteiger charge is -2.19. The van der Waals surface area contributed by atoms with Crippen LogP contribution in [-0.2, 0) is 29.2 Å². The number of imidazole rings is 1. The summed E-state index contributed by atoms with van der Waals surface area (Å²) in [7, 11) is 0. The molecule has 3 heterocycles. The lowest BCUT2D eigenvalue weighted by molar-refractivity contribution is -0.139. The number of aromatic nitrogens is 4. The van der Waals surface area contributed by atoms with E-state index in [4.69, 9.17) is 0 Å². The van der Waals surface area contributed by atoms with E-state index >= 15 is 0 Å². The highest BCUT2D eigenvalue weighted by molar-refractivity contribution is 6.07. The normalized spacial score (nSPS) is 17.9. The molecule has 1 aromatic carbocycles. The molecule has 1 aliphatic heterocycles. The number of carbonyl (C=O) groups is 3. The van der Waals surface area contributed by atoms with Crippen LogP contribution in [0.1, 0.15) is 32.8 Å². The highest BCUT2D eigenvalue weighted by Gasteiger charge is 2.47. The van der Waals surface area contributed by atoms with Crippen molar-refractivity contribution in [2.75, 3.05) is 0 Å². The molecule has 0 spiro atoms. The van der Waals surface area contributed by atoms with Crippen molar-refractivity contribution in [2.24, 2.45) is 0 Å². The number of rotatable bonds is 7. The molecule has 0 saturated carbocycles. The van der Waals surface area contributed by atoms with E-state index in [-0.39, 0.29) is 17.7 Å². The average molecular weight is 467 g/mol. The van der Waals surface area contributed by atoms with Gasteiger partial charge in [-0.2, -0.15) is 5.01 Å². The number of fused-ring (bicyclic) bond motifs is 1. The Hall–Kier alpha value is -4.22. The lowest BCUT2D eigenvalue weighted by Crippen LogP contribution is -2.51. The van der Waals surface area contributed by atoms with E-state index in [1.54, 1.807) is 18.4 Å². The summed E-state index contributed by atoms with van der Waals surface area (Å²) in [6.07, 6.45) is 1.79. The molecule has 12 nitrogen and oxygen atoms in total. The number of amides is 4. The van der Waals surface area contributed by atoms with Gasteiger partial charge in [-0.05, 0) is 25.8 Å². The molecule has 1 saturated heterocycles. The zero-order chi connectivity index (χ0) is 24.6. The molecule has 0 unspecified atom stereocenters. The molecule has 0 aliphatic carbocycles. The summed E-state index contributed by atoms with van der Waals surface area (Å²) in [6.45, 7) is 4.99. The van der Waals surface area contributed by atoms with Gasteiger partial charge >= 0.3 is 11.7 Å². The summed E-state index contributed by atoms with van der Waals surface area (Å²) in [4.78, 5) is 68.2. The molecular weight excluding hydrogens is 442 g/mol. The van der Waals surface area contributed by atoms with E-state index in [1.165, 1.54) is 10.9 Å². The summed E-state index contributed by atoms with van der Waals surface area (Å²) in [6, 6.07) is 8.38. The molecule has 4 rings (SSSR count). The Morgan fingerprint density at radius 1 is 1.09 bits per heavy atom. The standard InChI is InChI=1S/C22H25N7O5/c1-4-22(3)19(32)29(20(33)24-22)25-15(30)12-28-18(31)16-17(23-13-26(16)5-2)27(21(28)34)11-14-9-7-6-8-10-14/h6-10,13H,4-5,11-12H2,1-3H3,(H,24,33)(H,25,30)/t22-/m0/s1. The molecule has 0 bridgehead atoms. The molecule has 4 amide bonds. The SMILES string of the molecule is CCn1cnc2c1c(=O)n(CC(=O)NN1C(=O)N[C@@](C)(CC)C1=O)c(=O)n2Cc1ccccc1. The number of urea groups is 1. The number of nitrogens with one attached hydrogen (secondary N) is 2. The number of hydrogen-bond donors (Lipinski definition) is 2. The van der Waals surface area contributed by atoms with Crippen molar-refractivity contribution in [3.8, 4) is 0 Å². The third-order valence-electron chi connectivity index (χ3n) is 6.01. The molecule has 178 valence electrons. The molecule has 3 aromatic rings. The molecule has 1 fully saturated rings. The van der Waals surface area contributed by atoms with Gasteiger partial charge in [0.2, 0.25) is 0 Å². The van der Waals surface area contributed by atoms with Gasteiger partial charge in [-0.15, -0.1) is 0 Å². The average Bonchev–Trinajstić information content (AvgIpc) is 3.35. The fourth-order valence-corrected chi connectivity index (χ4v) is 3.86. The minimum Gasteiger partial charge on any atom is -0.325 e. The fourth-order valence-electron chi connectivity index (χ4n) is 3.86. The highest BCUT2D eigenvalue weighted by atomic mass is 16.2. The van der Waals surface area contributed by atoms with E-state index in [0.29, 0.717) is 18.0 Å². The van der Waals surface area contributed by atoms with Gasteiger partial charge in [0, 0.05) is 6.54 Å². The van der Waals surface area contributed by atoms with Crippen LogP contribution >= 0.6 is 0 Å². The maximum Gasteiger partial charge on any atom is 0.344 e. The summed E-state index contributed by atoms with van der Waals surface area (Å²) in [5.41, 5.74) is 0.859. The molecule has 0 radical (unpaired) electrons. The van der Waals surface area contributed by atoms with Gasteiger partial charge < -0.3 is 9.88 Å². The van der Waals surface area contributed by atoms with E-state index in [9.17, 15) is 24.0 Å². The molecule has 2 aromatic heterocycles. The zero-order valence-corrected chi connectivity index (χ0v) is 19.1. The molecular formula is C22H25N7O5. The molecule has 1 atom stereocenters. The molecule has 2 N–H and O–H groups in total. The summed E-state index contributed by atoms with van der Waals surface area (Å²) in [5, 5.41) is 3.10. The molecule has 12 heteroatoms. The first kappa shape index (κ1) is 23.0. The minimum atomic E-state index is -1.14. The first-order valence-corrected chi connectivity index (χ1v) is 10.9. The van der Waals surface area contributed by atoms with Gasteiger partial charge in [0.25, 0.3) is 17.4 Å². The molecule has 1 aliphatic rings. The number of carbonyl (C=O) groups excluding carboxylic acids is 3. The van der Waals surface area contributed by atoms with Crippen LogP contribution in [0.2, 0.25) is 0 Å². The monoisotopic (exact) mass is 467 g/mol. The third-order valence-corrected chi connectivity index (χ3v) is 6.01. The fraction of sp³-hybridized carbons (Fsp3) is 0.364. The zero-order valence-electron chi connectivity index (χ0n) is 19.1. The number of aryl methyl sites for hydroxylation is 1. The Balaban J connectivity index is 1.72. The van der Waals surface area contributed by atoms with Gasteiger partial charge in [-0.3, -0.25) is 24.4 Å². The Kier molecular flexibility index (Phi) is 5.82. The van der Waals surface area contributed by atoms with Crippen LogP contribution in [-0.4, -0.2) is 47.1 Å². The maximum absolute atomic E-state index is 13.3. The number of benzene rings is 1. The predicted octanol–water partition coefficient (Wildman–Crippen LogP) is 0.180. The van der Waals surface area contributed by atoms with Crippen molar-refractivity contribution < 1.29 is 14.4 Å². The number of nitrogens with zero attached hydrogens (tertiary/aromatic N) is 5. The maximum atomic E-state index is 13.3. The molecule has 34 heavy (non-hydrogen) atoms. The Morgan fingerprint density at radius 3 is 2.41 bits per heavy atom. The Labute approximate surface area is 193 Å². The van der Waals surface area contributed by atoms with Gasteiger partial charge in [-0.25, -0.2) is 19.1 Å². The second-order valence-electron chi connectivity index (χ2n) is 8.24. The van der Waals surface area contributed by atoms with Crippen LogP contribution in [0.3, 0.4) is 0 Å². The quantitative estimate of drug-likeness (QED) is 0.475. The first-order valence-electron chi connectivity index (χ1n) is 10.9. The predicted molar refractivity (Wildman–Crippen MR) is 122 cm³/mol. The largest absolute Gasteiger partial charge is 0.344 e. The van der Waals surface area contributed by atoms with Crippen molar-refractivity contribution in [3.05, 3.63) is 63.1 Å². The van der Waals surface area contributed by atoms with Crippen molar-refractivity contribution in [2.45, 2.75) is 52.4 Å². The van der Waals surface area contributed by atoms with Crippen molar-refractivity contribution in [3.63, 3.8) is 0 Å². The van der Waals surface area contributed by atoms with Crippen LogP contribution in [0, 0.1) is 0 Å². The summed E-state index contributed by atoms with van der Waals surface area (Å²) >= 11 is 0. The smallest absolute Gasteiger partial charge is 0.325 e. The van der Waals surface area contributed by atoms with Crippen LogP contribution in [0.4, 0.5) is 4.79 Å². The van der Waals surface area contributed by atoms with E-state index in [0.717, 1.165) is 10.1 Å². The van der Waals surface area contributed by atoms with E-state index < -0.39 is 41.2 Å². The second-order valence-corrected chi connectivity index (χ2v) is 8.24.